The first kappa shape index (κ1) is 28.8. The predicted octanol–water partition coefficient (Wildman–Crippen LogP) is 1.18. The van der Waals surface area contributed by atoms with Gasteiger partial charge in [0.2, 0.25) is 5.91 Å². The number of amides is 2. The van der Waals surface area contributed by atoms with Crippen LogP contribution in [0.5, 0.6) is 0 Å². The van der Waals surface area contributed by atoms with Crippen LogP contribution in [0.2, 0.25) is 0 Å². The van der Waals surface area contributed by atoms with Gasteiger partial charge in [0.15, 0.2) is 0 Å². The maximum Gasteiger partial charge on any atom is 0.622 e. The molecule has 0 radical (unpaired) electrons. The van der Waals surface area contributed by atoms with Gasteiger partial charge in [0, 0.05) is 18.8 Å². The zero-order valence-electron chi connectivity index (χ0n) is 22.3. The maximum atomic E-state index is 13.6. The Morgan fingerprint density at radius 2 is 1.66 bits per heavy atom. The lowest BCUT2D eigenvalue weighted by atomic mass is 9.73. The molecule has 1 unspecified atom stereocenters. The van der Waals surface area contributed by atoms with E-state index < -0.39 is 54.9 Å². The number of nitrogens with one attached hydrogen (secondary N) is 2. The number of aromatic nitrogens is 2. The Labute approximate surface area is 222 Å². The molecule has 0 spiro atoms. The van der Waals surface area contributed by atoms with Gasteiger partial charge in [-0.05, 0) is 38.8 Å². The lowest BCUT2D eigenvalue weighted by molar-refractivity contribution is -0.153. The summed E-state index contributed by atoms with van der Waals surface area (Å²) in [6.45, 7) is 7.15. The second kappa shape index (κ2) is 13.1. The van der Waals surface area contributed by atoms with Crippen molar-refractivity contribution in [3.8, 4) is 0 Å². The Hall–Kier alpha value is -3.80. The third kappa shape index (κ3) is 7.61. The fourth-order valence-corrected chi connectivity index (χ4v) is 4.02. The number of nitrogens with zero attached hydrogens (tertiary/aromatic N) is 3. The average molecular weight is 523 g/mol. The van der Waals surface area contributed by atoms with E-state index in [2.05, 4.69) is 20.6 Å². The second-order valence-corrected chi connectivity index (χ2v) is 9.81. The van der Waals surface area contributed by atoms with E-state index in [1.54, 1.807) is 25.8 Å². The van der Waals surface area contributed by atoms with Gasteiger partial charge in [0.1, 0.15) is 23.8 Å². The van der Waals surface area contributed by atoms with Crippen LogP contribution >= 0.6 is 0 Å². The second-order valence-electron chi connectivity index (χ2n) is 9.81. The highest BCUT2D eigenvalue weighted by atomic mass is 16.6. The predicted molar refractivity (Wildman–Crippen MR) is 139 cm³/mol. The van der Waals surface area contributed by atoms with E-state index >= 15 is 0 Å². The van der Waals surface area contributed by atoms with Crippen LogP contribution in [0.25, 0.3) is 0 Å². The van der Waals surface area contributed by atoms with E-state index in [-0.39, 0.29) is 18.0 Å². The van der Waals surface area contributed by atoms with Crippen LogP contribution in [-0.2, 0) is 30.1 Å². The molecule has 38 heavy (non-hydrogen) atoms. The van der Waals surface area contributed by atoms with Gasteiger partial charge < -0.3 is 19.9 Å². The summed E-state index contributed by atoms with van der Waals surface area (Å²) in [5.41, 5.74) is 0.883. The Bertz CT molecular complexity index is 1100. The molecule has 1 fully saturated rings. The lowest BCUT2D eigenvalue weighted by Crippen LogP contribution is -2.60. The third-order valence-electron chi connectivity index (χ3n) is 6.45. The van der Waals surface area contributed by atoms with Crippen LogP contribution < -0.4 is 10.6 Å². The minimum atomic E-state index is -1.33. The largest absolute Gasteiger partial charge is 0.622 e. The van der Waals surface area contributed by atoms with Crippen molar-refractivity contribution in [1.82, 2.24) is 25.5 Å². The Kier molecular flexibility index (Phi) is 9.94. The summed E-state index contributed by atoms with van der Waals surface area (Å²) >= 11 is 0. The van der Waals surface area contributed by atoms with Gasteiger partial charge in [0.05, 0.1) is 12.1 Å². The van der Waals surface area contributed by atoms with Gasteiger partial charge in [-0.2, -0.15) is 0 Å². The minimum absolute atomic E-state index is 0.0578. The summed E-state index contributed by atoms with van der Waals surface area (Å²) in [4.78, 5) is 61.4. The fourth-order valence-electron chi connectivity index (χ4n) is 4.02. The highest BCUT2D eigenvalue weighted by Crippen LogP contribution is 2.17. The van der Waals surface area contributed by atoms with Crippen molar-refractivity contribution in [3.63, 3.8) is 0 Å². The fraction of sp³-hybridized carbons (Fsp3) is 0.462. The van der Waals surface area contributed by atoms with E-state index in [1.165, 1.54) is 18.6 Å². The molecular weight excluding hydrogens is 489 g/mol. The smallest absolute Gasteiger partial charge is 0.497 e. The zero-order valence-corrected chi connectivity index (χ0v) is 22.3. The molecule has 202 valence electrons. The first-order valence-corrected chi connectivity index (χ1v) is 12.6. The number of benzene rings is 1. The van der Waals surface area contributed by atoms with Gasteiger partial charge >= 0.3 is 19.1 Å². The highest BCUT2D eigenvalue weighted by Gasteiger charge is 2.45. The van der Waals surface area contributed by atoms with E-state index in [1.807, 2.05) is 44.2 Å². The standard InChI is InChI=1S/C26H34BN5O6/c1-16(2)13-22(27-37-25(35)17(3)32(5)18(4)26(36)38-27)31-23(33)20(14-19-9-7-6-8-10-19)30-24(34)21-15-28-11-12-29-21/h6-12,15-18,20,22H,13-14H2,1-5H3,(H,30,34)(H,31,33)/t17-,18+,20?,22-/m0/s1. The topological polar surface area (TPSA) is 140 Å². The van der Waals surface area contributed by atoms with Gasteiger partial charge in [-0.1, -0.05) is 44.2 Å². The normalized spacial score (nSPS) is 20.0. The molecule has 11 nitrogen and oxygen atoms in total. The van der Waals surface area contributed by atoms with Crippen molar-refractivity contribution >= 4 is 30.9 Å². The van der Waals surface area contributed by atoms with Crippen LogP contribution in [0.4, 0.5) is 0 Å². The SMILES string of the molecule is CC(C)C[C@H](NC(=O)C(Cc1ccccc1)NC(=O)c1cnccn1)B1OC(=O)[C@@H](C)N(C)[C@@H](C)C(=O)O1. The van der Waals surface area contributed by atoms with Crippen molar-refractivity contribution in [2.75, 3.05) is 7.05 Å². The zero-order chi connectivity index (χ0) is 27.8. The number of hydrogen-bond acceptors (Lipinski definition) is 9. The molecule has 0 aliphatic carbocycles. The first-order valence-electron chi connectivity index (χ1n) is 12.6. The van der Waals surface area contributed by atoms with Crippen molar-refractivity contribution in [1.29, 1.82) is 0 Å². The van der Waals surface area contributed by atoms with E-state index in [0.29, 0.717) is 6.42 Å². The van der Waals surface area contributed by atoms with Crippen molar-refractivity contribution in [2.45, 2.75) is 64.6 Å². The van der Waals surface area contributed by atoms with Crippen molar-refractivity contribution < 1.29 is 28.5 Å². The number of rotatable bonds is 9. The molecule has 1 aliphatic heterocycles. The van der Waals surface area contributed by atoms with Gasteiger partial charge in [0.25, 0.3) is 5.91 Å². The molecule has 0 bridgehead atoms. The lowest BCUT2D eigenvalue weighted by Gasteiger charge is -2.34. The monoisotopic (exact) mass is 523 g/mol. The summed E-state index contributed by atoms with van der Waals surface area (Å²) in [5.74, 6) is -3.02. The number of likely N-dealkylation sites (N-methyl/N-ethyl adjacent to an activating group) is 1. The number of hydrogen-bond donors (Lipinski definition) is 2. The molecule has 4 atom stereocenters. The van der Waals surface area contributed by atoms with E-state index in [0.717, 1.165) is 5.56 Å². The molecule has 1 aromatic heterocycles. The molecule has 2 heterocycles. The molecule has 1 aromatic carbocycles. The molecule has 1 saturated heterocycles. The van der Waals surface area contributed by atoms with Crippen LogP contribution in [0.15, 0.2) is 48.9 Å². The highest BCUT2D eigenvalue weighted by molar-refractivity contribution is 6.51. The van der Waals surface area contributed by atoms with Crippen LogP contribution in [0.3, 0.4) is 0 Å². The number of carbonyl (C=O) groups is 4. The molecule has 2 aromatic rings. The van der Waals surface area contributed by atoms with E-state index in [9.17, 15) is 19.2 Å². The summed E-state index contributed by atoms with van der Waals surface area (Å²) in [5, 5.41) is 5.60. The average Bonchev–Trinajstić information content (AvgIpc) is 2.90. The molecule has 12 heteroatoms. The summed E-state index contributed by atoms with van der Waals surface area (Å²) < 4.78 is 11.1. The third-order valence-corrected chi connectivity index (χ3v) is 6.45. The van der Waals surface area contributed by atoms with Gasteiger partial charge in [-0.15, -0.1) is 0 Å². The molecule has 3 rings (SSSR count). The number of carbonyl (C=O) groups excluding carboxylic acids is 4. The summed E-state index contributed by atoms with van der Waals surface area (Å²) in [7, 11) is 0.313. The van der Waals surface area contributed by atoms with Gasteiger partial charge in [-0.3, -0.25) is 29.1 Å². The molecule has 2 amide bonds. The Morgan fingerprint density at radius 1 is 1.03 bits per heavy atom. The molecule has 0 saturated carbocycles. The van der Waals surface area contributed by atoms with E-state index in [4.69, 9.17) is 9.31 Å². The molecule has 2 N–H and O–H groups in total. The summed E-state index contributed by atoms with van der Waals surface area (Å²) in [6, 6.07) is 6.85. The van der Waals surface area contributed by atoms with Crippen LogP contribution in [0.1, 0.15) is 50.2 Å². The molecule has 1 aliphatic rings. The van der Waals surface area contributed by atoms with Crippen molar-refractivity contribution in [3.05, 3.63) is 60.2 Å². The van der Waals surface area contributed by atoms with Crippen LogP contribution in [0, 0.1) is 5.92 Å². The first-order chi connectivity index (χ1) is 18.1. The molecular formula is C26H34BN5O6. The quantitative estimate of drug-likeness (QED) is 0.464. The Morgan fingerprint density at radius 3 is 2.21 bits per heavy atom. The maximum absolute atomic E-state index is 13.6. The van der Waals surface area contributed by atoms with Crippen molar-refractivity contribution in [2.24, 2.45) is 5.92 Å². The van der Waals surface area contributed by atoms with Gasteiger partial charge in [-0.25, -0.2) is 4.98 Å². The van der Waals surface area contributed by atoms with Crippen LogP contribution in [-0.4, -0.2) is 76.9 Å². The Balaban J connectivity index is 1.85. The minimum Gasteiger partial charge on any atom is -0.497 e. The summed E-state index contributed by atoms with van der Waals surface area (Å²) in [6.07, 6.45) is 4.68.